The summed E-state index contributed by atoms with van der Waals surface area (Å²) in [5.74, 6) is 4.63. The van der Waals surface area contributed by atoms with Crippen LogP contribution in [0.4, 0.5) is 0 Å². The molecule has 5 N–H and O–H groups in total. The molecule has 0 aliphatic rings. The first kappa shape index (κ1) is 4.49. The predicted molar refractivity (Wildman–Crippen MR) is 22.3 cm³/mol. The fraction of sp³-hybridized carbons (Fsp3) is 0. The molecule has 0 spiro atoms. The van der Waals surface area contributed by atoms with Crippen LogP contribution >= 0.6 is 0 Å². The van der Waals surface area contributed by atoms with E-state index in [1.807, 2.05) is 5.43 Å². The van der Waals surface area contributed by atoms with Crippen molar-refractivity contribution in [1.82, 2.24) is 5.43 Å². The molecule has 0 saturated heterocycles. The number of rotatable bonds is 1. The van der Waals surface area contributed by atoms with Gasteiger partial charge in [0.05, 0.1) is 0 Å². The first-order valence-corrected chi connectivity index (χ1v) is 1.12. The second kappa shape index (κ2) is 1.78. The van der Waals surface area contributed by atoms with Gasteiger partial charge in [-0.3, -0.25) is 0 Å². The molecule has 0 aliphatic heterocycles. The molecule has 0 aliphatic carbocycles. The van der Waals surface area contributed by atoms with E-state index < -0.39 is 0 Å². The van der Waals surface area contributed by atoms with Crippen molar-refractivity contribution in [3.8, 4) is 0 Å². The Kier molecular flexibility index (Phi) is 1.60. The molecule has 4 heteroatoms. The average Bonchev–Trinajstić information content (AvgIpc) is 1.38. The molecule has 0 heterocycles. The third kappa shape index (κ3) is 3.49. The maximum absolute atomic E-state index is 4.75. The van der Waals surface area contributed by atoms with Crippen LogP contribution in [0.25, 0.3) is 0 Å². The van der Waals surface area contributed by atoms with Gasteiger partial charge in [-0.1, -0.05) is 0 Å². The zero-order valence-corrected chi connectivity index (χ0v) is 2.73. The third-order valence-electron chi connectivity index (χ3n) is 0.167. The molecule has 0 atom stereocenters. The molecule has 0 aromatic rings. The Hall–Kier alpha value is -0.505. The Balaban J connectivity index is 2.85. The molecule has 0 aromatic heterocycles. The van der Waals surface area contributed by atoms with Crippen LogP contribution in [-0.2, 0) is 0 Å². The second-order valence-electron chi connectivity index (χ2n) is 0.600. The van der Waals surface area contributed by atoms with E-state index in [9.17, 15) is 0 Å². The molecule has 0 fully saturated rings. The van der Waals surface area contributed by atoms with Crippen molar-refractivity contribution in [2.45, 2.75) is 0 Å². The first-order chi connectivity index (χ1) is 2.27. The summed E-state index contributed by atoms with van der Waals surface area (Å²) in [6.45, 7) is 0. The van der Waals surface area contributed by atoms with Crippen molar-refractivity contribution in [2.24, 2.45) is 11.6 Å². The topological polar surface area (TPSA) is 64.1 Å². The van der Waals surface area contributed by atoms with Gasteiger partial charge in [0.2, 0.25) is 0 Å². The Morgan fingerprint density at radius 2 is 2.00 bits per heavy atom. The molecule has 0 saturated carbocycles. The summed E-state index contributed by atoms with van der Waals surface area (Å²) in [6, 6.07) is 0. The van der Waals surface area contributed by atoms with Gasteiger partial charge < -0.3 is 0 Å². The van der Waals surface area contributed by atoms with E-state index in [4.69, 9.17) is 13.2 Å². The molecule has 0 unspecified atom stereocenters. The van der Waals surface area contributed by atoms with E-state index in [1.54, 1.807) is 0 Å². The van der Waals surface area contributed by atoms with E-state index in [0.717, 1.165) is 0 Å². The Bertz CT molecular complexity index is 42.2. The summed E-state index contributed by atoms with van der Waals surface area (Å²) in [4.78, 5) is 0. The summed E-state index contributed by atoms with van der Waals surface area (Å²) in [5, 5.41) is 0. The maximum atomic E-state index is 4.75. The van der Waals surface area contributed by atoms with Crippen LogP contribution in [0.15, 0.2) is 0 Å². The molecule has 0 aromatic carbocycles. The monoisotopic (exact) mass is 70.1 g/mol. The van der Waals surface area contributed by atoms with E-state index in [0.29, 0.717) is 0 Å². The molecule has 1 radical (unpaired) electrons. The van der Waals surface area contributed by atoms with Gasteiger partial charge in [0, 0.05) is 0 Å². The van der Waals surface area contributed by atoms with Gasteiger partial charge in [0.25, 0.3) is 0 Å². The molecule has 0 amide bonds. The minimum absolute atomic E-state index is 0.0324. The summed E-state index contributed by atoms with van der Waals surface area (Å²) >= 11 is 0. The fourth-order valence-corrected chi connectivity index (χ4v) is 0. The average molecular weight is 69.9 g/mol. The Morgan fingerprint density at radius 1 is 1.80 bits per heavy atom. The van der Waals surface area contributed by atoms with Crippen molar-refractivity contribution in [3.05, 3.63) is 0 Å². The number of hydrogen-bond donors (Lipinski definition) is 3. The molecule has 27 valence electrons. The van der Waals surface area contributed by atoms with E-state index in [1.165, 1.54) is 0 Å². The summed E-state index contributed by atoms with van der Waals surface area (Å²) in [6.07, 6.45) is 0. The van der Waals surface area contributed by atoms with Gasteiger partial charge in [0.1, 0.15) is 0 Å². The third-order valence-corrected chi connectivity index (χ3v) is 0.167. The normalized spacial score (nSPS) is 6.40. The SMILES string of the molecule is [B]=C(N)NN. The van der Waals surface area contributed by atoms with Crippen LogP contribution in [0.5, 0.6) is 0 Å². The van der Waals surface area contributed by atoms with Crippen molar-refractivity contribution < 1.29 is 0 Å². The van der Waals surface area contributed by atoms with Crippen LogP contribution < -0.4 is 17.0 Å². The van der Waals surface area contributed by atoms with Gasteiger partial charge in [-0.15, -0.1) is 0 Å². The number of nitrogens with one attached hydrogen (secondary N) is 1. The van der Waals surface area contributed by atoms with E-state index >= 15 is 0 Å². The molecular weight excluding hydrogens is 64.8 g/mol. The summed E-state index contributed by atoms with van der Waals surface area (Å²) in [7, 11) is 4.75. The van der Waals surface area contributed by atoms with Gasteiger partial charge in [-0.2, -0.15) is 0 Å². The van der Waals surface area contributed by atoms with E-state index in [-0.39, 0.29) is 5.71 Å². The molecule has 3 nitrogen and oxygen atoms in total. The van der Waals surface area contributed by atoms with Crippen LogP contribution in [0, 0.1) is 0 Å². The molecule has 0 rings (SSSR count). The van der Waals surface area contributed by atoms with Crippen LogP contribution in [-0.4, -0.2) is 13.2 Å². The van der Waals surface area contributed by atoms with Crippen LogP contribution in [0.1, 0.15) is 0 Å². The second-order valence-corrected chi connectivity index (χ2v) is 0.600. The van der Waals surface area contributed by atoms with Gasteiger partial charge in [-0.25, -0.2) is 0 Å². The quantitative estimate of drug-likeness (QED) is 0.184. The Labute approximate surface area is 31.4 Å². The van der Waals surface area contributed by atoms with Crippen molar-refractivity contribution >= 4 is 13.2 Å². The van der Waals surface area contributed by atoms with Gasteiger partial charge >= 0.3 is 30.2 Å². The first-order valence-electron chi connectivity index (χ1n) is 1.12. The molecule has 0 bridgehead atoms. The number of hydrazine groups is 1. The zero-order chi connectivity index (χ0) is 4.28. The Morgan fingerprint density at radius 3 is 2.00 bits per heavy atom. The fourth-order valence-electron chi connectivity index (χ4n) is 0. The van der Waals surface area contributed by atoms with Crippen molar-refractivity contribution in [1.29, 1.82) is 0 Å². The summed E-state index contributed by atoms with van der Waals surface area (Å²) in [5.41, 5.74) is 6.78. The standard InChI is InChI=1S/CH5BN3/c2-1(3)5-4/h5H,3-4H2. The molecule has 5 heavy (non-hydrogen) atoms. The predicted octanol–water partition coefficient (Wildman–Crippen LogP) is -2.34. The summed E-state index contributed by atoms with van der Waals surface area (Å²) < 4.78 is 0. The van der Waals surface area contributed by atoms with Gasteiger partial charge in [0.15, 0.2) is 0 Å². The zero-order valence-electron chi connectivity index (χ0n) is 2.73. The molecular formula is CH5BN3. The van der Waals surface area contributed by atoms with E-state index in [2.05, 4.69) is 5.84 Å². The number of hydrogen-bond acceptors (Lipinski definition) is 3. The minimum atomic E-state index is 0.0324. The van der Waals surface area contributed by atoms with Crippen molar-refractivity contribution in [3.63, 3.8) is 0 Å². The van der Waals surface area contributed by atoms with Crippen LogP contribution in [0.3, 0.4) is 0 Å². The number of nitrogens with two attached hydrogens (primary N) is 2. The van der Waals surface area contributed by atoms with Crippen LogP contribution in [0.2, 0.25) is 0 Å². The van der Waals surface area contributed by atoms with Crippen molar-refractivity contribution in [2.75, 3.05) is 0 Å². The van der Waals surface area contributed by atoms with Gasteiger partial charge in [-0.05, 0) is 0 Å².